The van der Waals surface area contributed by atoms with E-state index in [4.69, 9.17) is 9.47 Å². The summed E-state index contributed by atoms with van der Waals surface area (Å²) in [6.07, 6.45) is 0. The summed E-state index contributed by atoms with van der Waals surface area (Å²) in [7, 11) is 1.59. The molecule has 2 aromatic carbocycles. The summed E-state index contributed by atoms with van der Waals surface area (Å²) >= 11 is 0. The van der Waals surface area contributed by atoms with Crippen molar-refractivity contribution in [3.05, 3.63) is 48.0 Å². The predicted molar refractivity (Wildman–Crippen MR) is 113 cm³/mol. The molecule has 150 valence electrons. The first-order chi connectivity index (χ1) is 13.6. The number of hydrogen-bond donors (Lipinski definition) is 1. The van der Waals surface area contributed by atoms with Gasteiger partial charge in [-0.25, -0.2) is 0 Å². The number of amides is 1. The van der Waals surface area contributed by atoms with Gasteiger partial charge in [0.05, 0.1) is 18.5 Å². The minimum absolute atomic E-state index is 0.0721. The van der Waals surface area contributed by atoms with Crippen LogP contribution in [0.1, 0.15) is 12.5 Å². The minimum Gasteiger partial charge on any atom is -0.493 e. The van der Waals surface area contributed by atoms with E-state index in [0.29, 0.717) is 11.5 Å². The number of para-hydroxylation sites is 2. The number of ether oxygens (including phenoxy) is 2. The molecule has 1 heterocycles. The van der Waals surface area contributed by atoms with Gasteiger partial charge in [-0.2, -0.15) is 0 Å². The Morgan fingerprint density at radius 3 is 2.54 bits per heavy atom. The van der Waals surface area contributed by atoms with Crippen LogP contribution < -0.4 is 19.7 Å². The lowest BCUT2D eigenvalue weighted by Crippen LogP contribution is -2.46. The molecule has 0 atom stereocenters. The van der Waals surface area contributed by atoms with Gasteiger partial charge < -0.3 is 24.6 Å². The number of piperazine rings is 1. The largest absolute Gasteiger partial charge is 0.493 e. The number of methoxy groups -OCH3 is 1. The highest BCUT2D eigenvalue weighted by Crippen LogP contribution is 2.29. The van der Waals surface area contributed by atoms with Gasteiger partial charge in [0.15, 0.2) is 18.1 Å². The Morgan fingerprint density at radius 2 is 1.82 bits per heavy atom. The van der Waals surface area contributed by atoms with Crippen LogP contribution in [0.4, 0.5) is 11.4 Å². The van der Waals surface area contributed by atoms with E-state index in [1.165, 1.54) is 0 Å². The molecule has 0 unspecified atom stereocenters. The van der Waals surface area contributed by atoms with E-state index in [1.807, 2.05) is 43.3 Å². The molecule has 0 spiro atoms. The zero-order chi connectivity index (χ0) is 19.9. The predicted octanol–water partition coefficient (Wildman–Crippen LogP) is 3.16. The summed E-state index contributed by atoms with van der Waals surface area (Å²) < 4.78 is 11.0. The summed E-state index contributed by atoms with van der Waals surface area (Å²) in [6, 6.07) is 13.6. The molecule has 6 heteroatoms. The smallest absolute Gasteiger partial charge is 0.262 e. The molecule has 6 nitrogen and oxygen atoms in total. The van der Waals surface area contributed by atoms with Crippen molar-refractivity contribution in [2.45, 2.75) is 13.8 Å². The first-order valence-electron chi connectivity index (χ1n) is 9.74. The molecular weight excluding hydrogens is 354 g/mol. The lowest BCUT2D eigenvalue weighted by atomic mass is 10.2. The van der Waals surface area contributed by atoms with Gasteiger partial charge in [0, 0.05) is 26.2 Å². The summed E-state index contributed by atoms with van der Waals surface area (Å²) in [4.78, 5) is 17.2. The first kappa shape index (κ1) is 20.0. The zero-order valence-corrected chi connectivity index (χ0v) is 16.9. The second kappa shape index (κ2) is 9.46. The van der Waals surface area contributed by atoms with Crippen LogP contribution in [0.2, 0.25) is 0 Å². The van der Waals surface area contributed by atoms with Gasteiger partial charge in [-0.1, -0.05) is 25.1 Å². The molecule has 0 bridgehead atoms. The Hall–Kier alpha value is -2.73. The molecule has 1 N–H and O–H groups in total. The molecule has 0 saturated carbocycles. The number of hydrogen-bond acceptors (Lipinski definition) is 5. The lowest BCUT2D eigenvalue weighted by molar-refractivity contribution is -0.118. The van der Waals surface area contributed by atoms with E-state index in [0.717, 1.165) is 49.7 Å². The number of carbonyl (C=O) groups is 1. The van der Waals surface area contributed by atoms with Gasteiger partial charge in [0.2, 0.25) is 0 Å². The average Bonchev–Trinajstić information content (AvgIpc) is 2.73. The molecule has 0 aliphatic carbocycles. The maximum absolute atomic E-state index is 12.5. The van der Waals surface area contributed by atoms with Gasteiger partial charge in [-0.3, -0.25) is 4.79 Å². The third-order valence-corrected chi connectivity index (χ3v) is 5.02. The topological polar surface area (TPSA) is 54.0 Å². The van der Waals surface area contributed by atoms with Crippen molar-refractivity contribution >= 4 is 17.3 Å². The van der Waals surface area contributed by atoms with Gasteiger partial charge in [-0.05, 0) is 43.3 Å². The van der Waals surface area contributed by atoms with E-state index >= 15 is 0 Å². The van der Waals surface area contributed by atoms with Crippen LogP contribution in [0.25, 0.3) is 0 Å². The van der Waals surface area contributed by atoms with Gasteiger partial charge >= 0.3 is 0 Å². The third-order valence-electron chi connectivity index (χ3n) is 5.02. The molecule has 1 saturated heterocycles. The Kier molecular flexibility index (Phi) is 6.76. The number of likely N-dealkylation sites (N-methyl/N-ethyl adjacent to an activating group) is 1. The maximum Gasteiger partial charge on any atom is 0.262 e. The second-order valence-electron chi connectivity index (χ2n) is 6.93. The van der Waals surface area contributed by atoms with Crippen molar-refractivity contribution < 1.29 is 14.3 Å². The van der Waals surface area contributed by atoms with Crippen LogP contribution in [0.5, 0.6) is 11.5 Å². The summed E-state index contributed by atoms with van der Waals surface area (Å²) in [5.74, 6) is 0.997. The second-order valence-corrected chi connectivity index (χ2v) is 6.93. The number of rotatable bonds is 7. The fraction of sp³-hybridized carbons (Fsp3) is 0.409. The molecule has 0 aromatic heterocycles. The fourth-order valence-electron chi connectivity index (χ4n) is 3.38. The first-order valence-corrected chi connectivity index (χ1v) is 9.74. The quantitative estimate of drug-likeness (QED) is 0.796. The molecule has 1 fully saturated rings. The minimum atomic E-state index is -0.192. The summed E-state index contributed by atoms with van der Waals surface area (Å²) in [5.41, 5.74) is 2.95. The summed E-state index contributed by atoms with van der Waals surface area (Å²) in [6.45, 7) is 9.16. The van der Waals surface area contributed by atoms with E-state index in [9.17, 15) is 4.79 Å². The Morgan fingerprint density at radius 1 is 1.07 bits per heavy atom. The van der Waals surface area contributed by atoms with E-state index in [1.54, 1.807) is 7.11 Å². The van der Waals surface area contributed by atoms with Crippen LogP contribution in [-0.4, -0.2) is 57.2 Å². The third kappa shape index (κ3) is 4.95. The lowest BCUT2D eigenvalue weighted by Gasteiger charge is -2.36. The monoisotopic (exact) mass is 383 g/mol. The van der Waals surface area contributed by atoms with Crippen molar-refractivity contribution in [1.29, 1.82) is 0 Å². The van der Waals surface area contributed by atoms with Crippen LogP contribution in [0, 0.1) is 6.92 Å². The number of nitrogens with one attached hydrogen (secondary N) is 1. The van der Waals surface area contributed by atoms with Crippen LogP contribution in [0.15, 0.2) is 42.5 Å². The molecule has 3 rings (SSSR count). The maximum atomic E-state index is 12.5. The van der Waals surface area contributed by atoms with E-state index in [2.05, 4.69) is 28.1 Å². The fourth-order valence-corrected chi connectivity index (χ4v) is 3.38. The highest BCUT2D eigenvalue weighted by Gasteiger charge is 2.19. The Balaban J connectivity index is 1.62. The number of nitrogens with zero attached hydrogens (tertiary/aromatic N) is 2. The standard InChI is InChI=1S/C22H29N3O3/c1-4-24-11-13-25(14-12-24)19-8-6-5-7-18(19)23-22(26)16-28-20-10-9-17(2)15-21(20)27-3/h5-10,15H,4,11-14,16H2,1-3H3,(H,23,26). The number of anilines is 2. The molecule has 2 aromatic rings. The highest BCUT2D eigenvalue weighted by molar-refractivity contribution is 5.95. The van der Waals surface area contributed by atoms with Crippen molar-refractivity contribution in [2.24, 2.45) is 0 Å². The molecule has 1 aliphatic heterocycles. The van der Waals surface area contributed by atoms with Crippen molar-refractivity contribution in [3.63, 3.8) is 0 Å². The number of benzene rings is 2. The zero-order valence-electron chi connectivity index (χ0n) is 16.9. The van der Waals surface area contributed by atoms with Crippen LogP contribution >= 0.6 is 0 Å². The molecule has 28 heavy (non-hydrogen) atoms. The van der Waals surface area contributed by atoms with Gasteiger partial charge in [0.1, 0.15) is 0 Å². The van der Waals surface area contributed by atoms with Crippen molar-refractivity contribution in [1.82, 2.24) is 4.90 Å². The number of aryl methyl sites for hydroxylation is 1. The molecule has 1 aliphatic rings. The molecular formula is C22H29N3O3. The number of carbonyl (C=O) groups excluding carboxylic acids is 1. The van der Waals surface area contributed by atoms with Crippen molar-refractivity contribution in [2.75, 3.05) is 56.7 Å². The molecule has 1 amide bonds. The van der Waals surface area contributed by atoms with E-state index in [-0.39, 0.29) is 12.5 Å². The van der Waals surface area contributed by atoms with Crippen molar-refractivity contribution in [3.8, 4) is 11.5 Å². The van der Waals surface area contributed by atoms with Gasteiger partial charge in [0.25, 0.3) is 5.91 Å². The Labute approximate surface area is 167 Å². The summed E-state index contributed by atoms with van der Waals surface area (Å²) in [5, 5.41) is 2.99. The molecule has 0 radical (unpaired) electrons. The average molecular weight is 383 g/mol. The SMILES string of the molecule is CCN1CCN(c2ccccc2NC(=O)COc2ccc(C)cc2OC)CC1. The van der Waals surface area contributed by atoms with Crippen LogP contribution in [-0.2, 0) is 4.79 Å². The Bertz CT molecular complexity index is 801. The van der Waals surface area contributed by atoms with Gasteiger partial charge in [-0.15, -0.1) is 0 Å². The van der Waals surface area contributed by atoms with Crippen LogP contribution in [0.3, 0.4) is 0 Å². The van der Waals surface area contributed by atoms with E-state index < -0.39 is 0 Å². The normalized spacial score (nSPS) is 14.6. The highest BCUT2D eigenvalue weighted by atomic mass is 16.5.